The van der Waals surface area contributed by atoms with Crippen molar-refractivity contribution in [1.82, 2.24) is 0 Å². The highest BCUT2D eigenvalue weighted by Crippen LogP contribution is 2.26. The fraction of sp³-hybridized carbons (Fsp3) is 0.250. The molecule has 2 heteroatoms. The van der Waals surface area contributed by atoms with Gasteiger partial charge < -0.3 is 10.2 Å². The van der Waals surface area contributed by atoms with E-state index in [1.165, 1.54) is 22.5 Å². The zero-order valence-electron chi connectivity index (χ0n) is 11.5. The Balaban J connectivity index is 2.31. The molecule has 2 rings (SSSR count). The molecule has 2 aromatic rings. The molecule has 94 valence electrons. The van der Waals surface area contributed by atoms with E-state index >= 15 is 0 Å². The largest absolute Gasteiger partial charge is 0.378 e. The molecule has 0 aliphatic heterocycles. The van der Waals surface area contributed by atoms with Crippen molar-refractivity contribution in [3.63, 3.8) is 0 Å². The number of para-hydroxylation sites is 1. The third kappa shape index (κ3) is 2.65. The number of hydrogen-bond acceptors (Lipinski definition) is 2. The van der Waals surface area contributed by atoms with E-state index in [1.807, 2.05) is 0 Å². The zero-order chi connectivity index (χ0) is 13.1. The van der Waals surface area contributed by atoms with Gasteiger partial charge in [-0.3, -0.25) is 0 Å². The Kier molecular flexibility index (Phi) is 3.56. The number of aryl methyl sites for hydroxylation is 2. The van der Waals surface area contributed by atoms with Gasteiger partial charge in [-0.05, 0) is 43.2 Å². The first-order valence-electron chi connectivity index (χ1n) is 6.18. The van der Waals surface area contributed by atoms with Crippen molar-refractivity contribution < 1.29 is 0 Å². The summed E-state index contributed by atoms with van der Waals surface area (Å²) >= 11 is 0. The molecule has 2 nitrogen and oxygen atoms in total. The van der Waals surface area contributed by atoms with E-state index in [-0.39, 0.29) is 0 Å². The molecule has 0 heterocycles. The molecule has 0 atom stereocenters. The predicted octanol–water partition coefficient (Wildman–Crippen LogP) is 4.11. The summed E-state index contributed by atoms with van der Waals surface area (Å²) in [5, 5.41) is 3.51. The summed E-state index contributed by atoms with van der Waals surface area (Å²) in [7, 11) is 4.11. The fourth-order valence-electron chi connectivity index (χ4n) is 2.02. The lowest BCUT2D eigenvalue weighted by Gasteiger charge is -2.16. The van der Waals surface area contributed by atoms with Gasteiger partial charge in [-0.2, -0.15) is 0 Å². The second kappa shape index (κ2) is 5.13. The highest BCUT2D eigenvalue weighted by atomic mass is 15.1. The van der Waals surface area contributed by atoms with Gasteiger partial charge in [0.2, 0.25) is 0 Å². The third-order valence-electron chi connectivity index (χ3n) is 3.11. The Hall–Kier alpha value is -1.96. The van der Waals surface area contributed by atoms with Crippen LogP contribution in [0.5, 0.6) is 0 Å². The molecule has 0 unspecified atom stereocenters. The van der Waals surface area contributed by atoms with Crippen molar-refractivity contribution in [1.29, 1.82) is 0 Å². The average Bonchev–Trinajstić information content (AvgIpc) is 2.34. The molecule has 0 fully saturated rings. The maximum Gasteiger partial charge on any atom is 0.0443 e. The number of hydrogen-bond donors (Lipinski definition) is 1. The van der Waals surface area contributed by atoms with E-state index in [0.29, 0.717) is 0 Å². The van der Waals surface area contributed by atoms with Crippen molar-refractivity contribution in [2.24, 2.45) is 0 Å². The minimum atomic E-state index is 1.12. The Morgan fingerprint density at radius 3 is 2.11 bits per heavy atom. The standard InChI is InChI=1S/C16H20N2/c1-12-7-5-8-13(2)16(12)17-14-9-6-10-15(11-14)18(3)4/h5-11,17H,1-4H3. The van der Waals surface area contributed by atoms with Crippen molar-refractivity contribution in [2.75, 3.05) is 24.3 Å². The van der Waals surface area contributed by atoms with Crippen LogP contribution < -0.4 is 10.2 Å². The minimum absolute atomic E-state index is 1.12. The summed E-state index contributed by atoms with van der Waals surface area (Å²) < 4.78 is 0. The normalized spacial score (nSPS) is 10.2. The lowest BCUT2D eigenvalue weighted by atomic mass is 10.1. The molecule has 0 saturated heterocycles. The molecule has 0 aliphatic rings. The highest BCUT2D eigenvalue weighted by Gasteiger charge is 2.03. The maximum absolute atomic E-state index is 3.51. The molecule has 0 radical (unpaired) electrons. The second-order valence-electron chi connectivity index (χ2n) is 4.84. The van der Waals surface area contributed by atoms with E-state index in [2.05, 4.69) is 80.6 Å². The average molecular weight is 240 g/mol. The number of nitrogens with one attached hydrogen (secondary N) is 1. The smallest absolute Gasteiger partial charge is 0.0443 e. The van der Waals surface area contributed by atoms with Gasteiger partial charge in [0, 0.05) is 31.2 Å². The van der Waals surface area contributed by atoms with E-state index in [9.17, 15) is 0 Å². The van der Waals surface area contributed by atoms with E-state index in [1.54, 1.807) is 0 Å². The molecule has 2 aromatic carbocycles. The zero-order valence-corrected chi connectivity index (χ0v) is 11.5. The second-order valence-corrected chi connectivity index (χ2v) is 4.84. The van der Waals surface area contributed by atoms with Crippen LogP contribution in [-0.2, 0) is 0 Å². The van der Waals surface area contributed by atoms with Crippen LogP contribution in [0.3, 0.4) is 0 Å². The minimum Gasteiger partial charge on any atom is -0.378 e. The van der Waals surface area contributed by atoms with Gasteiger partial charge in [-0.15, -0.1) is 0 Å². The van der Waals surface area contributed by atoms with Crippen molar-refractivity contribution in [2.45, 2.75) is 13.8 Å². The lowest BCUT2D eigenvalue weighted by molar-refractivity contribution is 1.13. The van der Waals surface area contributed by atoms with Gasteiger partial charge in [-0.25, -0.2) is 0 Å². The molecule has 0 amide bonds. The number of benzene rings is 2. The molecule has 0 aromatic heterocycles. The molecule has 0 aliphatic carbocycles. The SMILES string of the molecule is Cc1cccc(C)c1Nc1cccc(N(C)C)c1. The first-order valence-corrected chi connectivity index (χ1v) is 6.18. The van der Waals surface area contributed by atoms with Gasteiger partial charge in [0.25, 0.3) is 0 Å². The summed E-state index contributed by atoms with van der Waals surface area (Å²) in [5.74, 6) is 0. The van der Waals surface area contributed by atoms with Crippen LogP contribution in [0, 0.1) is 13.8 Å². The highest BCUT2D eigenvalue weighted by molar-refractivity contribution is 5.69. The molecular formula is C16H20N2. The van der Waals surface area contributed by atoms with E-state index < -0.39 is 0 Å². The quantitative estimate of drug-likeness (QED) is 0.868. The summed E-state index contributed by atoms with van der Waals surface area (Å²) in [6, 6.07) is 14.8. The van der Waals surface area contributed by atoms with Crippen LogP contribution in [0.2, 0.25) is 0 Å². The van der Waals surface area contributed by atoms with Crippen molar-refractivity contribution >= 4 is 17.1 Å². The van der Waals surface area contributed by atoms with Crippen LogP contribution in [0.1, 0.15) is 11.1 Å². The predicted molar refractivity (Wildman–Crippen MR) is 80.0 cm³/mol. The first-order chi connectivity index (χ1) is 8.58. The van der Waals surface area contributed by atoms with Crippen LogP contribution in [0.15, 0.2) is 42.5 Å². The Bertz CT molecular complexity index is 524. The van der Waals surface area contributed by atoms with Crippen molar-refractivity contribution in [3.8, 4) is 0 Å². The van der Waals surface area contributed by atoms with Gasteiger partial charge >= 0.3 is 0 Å². The third-order valence-corrected chi connectivity index (χ3v) is 3.11. The van der Waals surface area contributed by atoms with Crippen LogP contribution >= 0.6 is 0 Å². The summed E-state index contributed by atoms with van der Waals surface area (Å²) in [5.41, 5.74) is 6.06. The fourth-order valence-corrected chi connectivity index (χ4v) is 2.02. The monoisotopic (exact) mass is 240 g/mol. The molecular weight excluding hydrogens is 220 g/mol. The van der Waals surface area contributed by atoms with Gasteiger partial charge in [0.1, 0.15) is 0 Å². The number of rotatable bonds is 3. The van der Waals surface area contributed by atoms with Crippen LogP contribution in [0.4, 0.5) is 17.1 Å². The van der Waals surface area contributed by atoms with Gasteiger partial charge in [0.05, 0.1) is 0 Å². The maximum atomic E-state index is 3.51. The van der Waals surface area contributed by atoms with E-state index in [0.717, 1.165) is 5.69 Å². The summed E-state index contributed by atoms with van der Waals surface area (Å²) in [6.45, 7) is 4.26. The molecule has 1 N–H and O–H groups in total. The molecule has 0 bridgehead atoms. The molecule has 18 heavy (non-hydrogen) atoms. The number of anilines is 3. The molecule has 0 spiro atoms. The Labute approximate surface area is 109 Å². The molecule has 0 saturated carbocycles. The lowest BCUT2D eigenvalue weighted by Crippen LogP contribution is -2.08. The van der Waals surface area contributed by atoms with Gasteiger partial charge in [0.15, 0.2) is 0 Å². The summed E-state index contributed by atoms with van der Waals surface area (Å²) in [6.07, 6.45) is 0. The Morgan fingerprint density at radius 1 is 0.889 bits per heavy atom. The van der Waals surface area contributed by atoms with Crippen molar-refractivity contribution in [3.05, 3.63) is 53.6 Å². The number of nitrogens with zero attached hydrogens (tertiary/aromatic N) is 1. The van der Waals surface area contributed by atoms with Gasteiger partial charge in [-0.1, -0.05) is 24.3 Å². The Morgan fingerprint density at radius 2 is 1.50 bits per heavy atom. The van der Waals surface area contributed by atoms with Crippen LogP contribution in [0.25, 0.3) is 0 Å². The van der Waals surface area contributed by atoms with E-state index in [4.69, 9.17) is 0 Å². The first kappa shape index (κ1) is 12.5. The topological polar surface area (TPSA) is 15.3 Å². The summed E-state index contributed by atoms with van der Waals surface area (Å²) in [4.78, 5) is 2.11. The van der Waals surface area contributed by atoms with Crippen LogP contribution in [-0.4, -0.2) is 14.1 Å².